The van der Waals surface area contributed by atoms with Gasteiger partial charge in [0.05, 0.1) is 11.8 Å². The molecule has 1 aliphatic heterocycles. The van der Waals surface area contributed by atoms with Crippen LogP contribution in [0, 0.1) is 5.92 Å². The molecule has 3 rings (SSSR count). The highest BCUT2D eigenvalue weighted by Crippen LogP contribution is 2.20. The second-order valence-corrected chi connectivity index (χ2v) is 7.17. The van der Waals surface area contributed by atoms with Crippen LogP contribution in [0.4, 0.5) is 0 Å². The van der Waals surface area contributed by atoms with Crippen molar-refractivity contribution in [3.63, 3.8) is 0 Å². The van der Waals surface area contributed by atoms with E-state index < -0.39 is 5.97 Å². The first-order chi connectivity index (χ1) is 13.9. The zero-order valence-electron chi connectivity index (χ0n) is 15.5. The van der Waals surface area contributed by atoms with E-state index in [4.69, 9.17) is 16.7 Å². The number of carboxylic acid groups (broad SMARTS) is 1. The van der Waals surface area contributed by atoms with Gasteiger partial charge in [0.1, 0.15) is 0 Å². The molecule has 2 aromatic carbocycles. The van der Waals surface area contributed by atoms with Crippen LogP contribution in [0.5, 0.6) is 0 Å². The molecule has 8 heteroatoms. The van der Waals surface area contributed by atoms with Gasteiger partial charge in [-0.25, -0.2) is 10.2 Å². The number of nitrogens with one attached hydrogen (secondary N) is 1. The monoisotopic (exact) mass is 413 g/mol. The molecule has 7 nitrogen and oxygen atoms in total. The molecule has 1 aliphatic rings. The number of likely N-dealkylation sites (tertiary alicyclic amines) is 1. The van der Waals surface area contributed by atoms with Crippen molar-refractivity contribution in [1.29, 1.82) is 0 Å². The number of hydrogen-bond donors (Lipinski definition) is 2. The molecule has 150 valence electrons. The van der Waals surface area contributed by atoms with Crippen molar-refractivity contribution in [2.24, 2.45) is 11.0 Å². The summed E-state index contributed by atoms with van der Waals surface area (Å²) in [6, 6.07) is 12.9. The smallest absolute Gasteiger partial charge is 0.335 e. The van der Waals surface area contributed by atoms with E-state index in [0.717, 1.165) is 0 Å². The zero-order chi connectivity index (χ0) is 20.8. The minimum Gasteiger partial charge on any atom is -0.478 e. The average molecular weight is 414 g/mol. The Morgan fingerprint density at radius 3 is 2.17 bits per heavy atom. The van der Waals surface area contributed by atoms with Crippen molar-refractivity contribution in [2.45, 2.75) is 12.8 Å². The number of carbonyl (C=O) groups excluding carboxylic acids is 2. The highest BCUT2D eigenvalue weighted by Gasteiger charge is 2.27. The van der Waals surface area contributed by atoms with Gasteiger partial charge < -0.3 is 10.0 Å². The van der Waals surface area contributed by atoms with E-state index in [2.05, 4.69) is 10.5 Å². The van der Waals surface area contributed by atoms with Gasteiger partial charge in [-0.1, -0.05) is 23.7 Å². The number of benzene rings is 2. The first kappa shape index (κ1) is 20.5. The highest BCUT2D eigenvalue weighted by atomic mass is 35.5. The number of amides is 2. The van der Waals surface area contributed by atoms with Gasteiger partial charge in [-0.05, 0) is 54.8 Å². The van der Waals surface area contributed by atoms with Crippen LogP contribution in [0.1, 0.15) is 39.1 Å². The fourth-order valence-corrected chi connectivity index (χ4v) is 3.22. The zero-order valence-corrected chi connectivity index (χ0v) is 16.3. The Kier molecular flexibility index (Phi) is 6.61. The van der Waals surface area contributed by atoms with Gasteiger partial charge in [0, 0.05) is 29.6 Å². The van der Waals surface area contributed by atoms with Crippen molar-refractivity contribution in [3.05, 3.63) is 70.2 Å². The molecule has 0 radical (unpaired) electrons. The molecule has 2 amide bonds. The third kappa shape index (κ3) is 5.42. The van der Waals surface area contributed by atoms with Crippen molar-refractivity contribution < 1.29 is 19.5 Å². The summed E-state index contributed by atoms with van der Waals surface area (Å²) in [5.74, 6) is -1.47. The third-order valence-corrected chi connectivity index (χ3v) is 5.04. The minimum atomic E-state index is -0.998. The maximum atomic E-state index is 12.5. The molecule has 29 heavy (non-hydrogen) atoms. The number of carbonyl (C=O) groups is 3. The number of aromatic carboxylic acids is 1. The van der Waals surface area contributed by atoms with E-state index in [1.54, 1.807) is 41.3 Å². The van der Waals surface area contributed by atoms with E-state index in [1.807, 2.05) is 0 Å². The SMILES string of the molecule is O=C(O)c1ccc(/C=N/NC(=O)C2CCN(C(=O)c3ccc(Cl)cc3)CC2)cc1. The largest absolute Gasteiger partial charge is 0.478 e. The Morgan fingerprint density at radius 2 is 1.59 bits per heavy atom. The molecule has 1 saturated heterocycles. The summed E-state index contributed by atoms with van der Waals surface area (Å²) in [6.45, 7) is 1.000. The van der Waals surface area contributed by atoms with E-state index >= 15 is 0 Å². The van der Waals surface area contributed by atoms with Crippen LogP contribution in [0.25, 0.3) is 0 Å². The summed E-state index contributed by atoms with van der Waals surface area (Å²) in [5, 5.41) is 13.4. The normalized spacial score (nSPS) is 14.7. The lowest BCUT2D eigenvalue weighted by molar-refractivity contribution is -0.126. The summed E-state index contributed by atoms with van der Waals surface area (Å²) < 4.78 is 0. The maximum absolute atomic E-state index is 12.5. The molecule has 1 fully saturated rings. The molecule has 0 aromatic heterocycles. The summed E-state index contributed by atoms with van der Waals surface area (Å²) in [4.78, 5) is 37.4. The minimum absolute atomic E-state index is 0.0663. The fourth-order valence-electron chi connectivity index (χ4n) is 3.09. The van der Waals surface area contributed by atoms with Gasteiger partial charge in [0.2, 0.25) is 5.91 Å². The van der Waals surface area contributed by atoms with E-state index in [9.17, 15) is 14.4 Å². The van der Waals surface area contributed by atoms with Crippen LogP contribution in [0.2, 0.25) is 5.02 Å². The predicted molar refractivity (Wildman–Crippen MR) is 109 cm³/mol. The number of hydrazone groups is 1. The lowest BCUT2D eigenvalue weighted by Crippen LogP contribution is -2.42. The van der Waals surface area contributed by atoms with Crippen LogP contribution in [-0.2, 0) is 4.79 Å². The van der Waals surface area contributed by atoms with Gasteiger partial charge in [0.25, 0.3) is 5.91 Å². The second kappa shape index (κ2) is 9.34. The van der Waals surface area contributed by atoms with Crippen LogP contribution < -0.4 is 5.43 Å². The summed E-state index contributed by atoms with van der Waals surface area (Å²) in [6.07, 6.45) is 2.59. The lowest BCUT2D eigenvalue weighted by Gasteiger charge is -2.31. The Bertz CT molecular complexity index is 918. The molecule has 0 atom stereocenters. The number of halogens is 1. The predicted octanol–water partition coefficient (Wildman–Crippen LogP) is 3.04. The van der Waals surface area contributed by atoms with Crippen molar-refractivity contribution in [1.82, 2.24) is 10.3 Å². The van der Waals surface area contributed by atoms with Crippen LogP contribution in [0.3, 0.4) is 0 Å². The molecule has 0 aliphatic carbocycles. The Hall–Kier alpha value is -3.19. The number of rotatable bonds is 5. The standard InChI is InChI=1S/C21H20ClN3O4/c22-18-7-5-16(6-8-18)20(27)25-11-9-15(10-12-25)19(26)24-23-13-14-1-3-17(4-2-14)21(28)29/h1-8,13,15H,9-12H2,(H,24,26)(H,28,29)/b23-13+. The maximum Gasteiger partial charge on any atom is 0.335 e. The molecule has 2 N–H and O–H groups in total. The molecular formula is C21H20ClN3O4. The first-order valence-electron chi connectivity index (χ1n) is 9.15. The second-order valence-electron chi connectivity index (χ2n) is 6.73. The van der Waals surface area contributed by atoms with Gasteiger partial charge in [-0.3, -0.25) is 9.59 Å². The lowest BCUT2D eigenvalue weighted by atomic mass is 9.95. The van der Waals surface area contributed by atoms with E-state index in [-0.39, 0.29) is 23.3 Å². The average Bonchev–Trinajstić information content (AvgIpc) is 2.74. The molecular weight excluding hydrogens is 394 g/mol. The van der Waals surface area contributed by atoms with Gasteiger partial charge in [-0.2, -0.15) is 5.10 Å². The van der Waals surface area contributed by atoms with Crippen molar-refractivity contribution in [3.8, 4) is 0 Å². The molecule has 1 heterocycles. The third-order valence-electron chi connectivity index (χ3n) is 4.79. The summed E-state index contributed by atoms with van der Waals surface area (Å²) in [5.41, 5.74) is 3.96. The molecule has 0 spiro atoms. The number of piperidine rings is 1. The Balaban J connectivity index is 1.47. The van der Waals surface area contributed by atoms with Gasteiger partial charge >= 0.3 is 5.97 Å². The van der Waals surface area contributed by atoms with Crippen LogP contribution >= 0.6 is 11.6 Å². The van der Waals surface area contributed by atoms with Crippen LogP contribution in [0.15, 0.2) is 53.6 Å². The van der Waals surface area contributed by atoms with Gasteiger partial charge in [0.15, 0.2) is 0 Å². The molecule has 0 unspecified atom stereocenters. The number of hydrogen-bond acceptors (Lipinski definition) is 4. The Morgan fingerprint density at radius 1 is 1.00 bits per heavy atom. The van der Waals surface area contributed by atoms with Crippen LogP contribution in [-0.4, -0.2) is 47.1 Å². The molecule has 0 bridgehead atoms. The topological polar surface area (TPSA) is 99.1 Å². The van der Waals surface area contributed by atoms with Gasteiger partial charge in [-0.15, -0.1) is 0 Å². The Labute approximate surface area is 173 Å². The number of carboxylic acids is 1. The van der Waals surface area contributed by atoms with E-state index in [1.165, 1.54) is 18.3 Å². The van der Waals surface area contributed by atoms with Crippen molar-refractivity contribution in [2.75, 3.05) is 13.1 Å². The number of nitrogens with zero attached hydrogens (tertiary/aromatic N) is 2. The fraction of sp³-hybridized carbons (Fsp3) is 0.238. The highest BCUT2D eigenvalue weighted by molar-refractivity contribution is 6.30. The quantitative estimate of drug-likeness (QED) is 0.581. The molecule has 0 saturated carbocycles. The van der Waals surface area contributed by atoms with E-state index in [0.29, 0.717) is 42.1 Å². The summed E-state index contributed by atoms with van der Waals surface area (Å²) >= 11 is 5.85. The molecule has 2 aromatic rings. The van der Waals surface area contributed by atoms with Crippen molar-refractivity contribution >= 4 is 35.6 Å². The summed E-state index contributed by atoms with van der Waals surface area (Å²) in [7, 11) is 0. The first-order valence-corrected chi connectivity index (χ1v) is 9.53.